The molecule has 4 rings (SSSR count). The molecule has 30 heavy (non-hydrogen) atoms. The van der Waals surface area contributed by atoms with Crippen molar-refractivity contribution < 1.29 is 9.53 Å². The molecule has 3 nitrogen and oxygen atoms in total. The summed E-state index contributed by atoms with van der Waals surface area (Å²) < 4.78 is 6.18. The van der Waals surface area contributed by atoms with E-state index in [0.717, 1.165) is 47.3 Å². The van der Waals surface area contributed by atoms with E-state index in [1.54, 1.807) is 0 Å². The summed E-state index contributed by atoms with van der Waals surface area (Å²) in [5.74, 6) is 0.849. The summed E-state index contributed by atoms with van der Waals surface area (Å²) in [6.07, 6.45) is 2.49. The molecule has 3 aromatic rings. The second-order valence-corrected chi connectivity index (χ2v) is 8.78. The largest absolute Gasteiger partial charge is 0.487 e. The Morgan fingerprint density at radius 3 is 2.53 bits per heavy atom. The number of nitrogens with one attached hydrogen (secondary N) is 1. The first-order chi connectivity index (χ1) is 14.4. The molecule has 0 fully saturated rings. The number of aryl methyl sites for hydroxylation is 3. The van der Waals surface area contributed by atoms with Gasteiger partial charge in [-0.15, -0.1) is 0 Å². The number of hydrogen-bond acceptors (Lipinski definition) is 2. The van der Waals surface area contributed by atoms with Crippen molar-refractivity contribution in [3.63, 3.8) is 0 Å². The topological polar surface area (TPSA) is 38.3 Å². The SMILES string of the molecule is Cc1ccc2c(c1)OC(C)(C)CC2NC(=O)c1ccccc1CCc1ccccc1. The lowest BCUT2D eigenvalue weighted by molar-refractivity contribution is 0.0619. The molecule has 0 radical (unpaired) electrons. The van der Waals surface area contributed by atoms with E-state index in [0.29, 0.717) is 0 Å². The summed E-state index contributed by atoms with van der Waals surface area (Å²) in [5.41, 5.74) is 4.99. The fourth-order valence-corrected chi connectivity index (χ4v) is 4.21. The number of ether oxygens (including phenoxy) is 1. The van der Waals surface area contributed by atoms with Crippen LogP contribution in [0.4, 0.5) is 0 Å². The van der Waals surface area contributed by atoms with Crippen molar-refractivity contribution in [1.29, 1.82) is 0 Å². The summed E-state index contributed by atoms with van der Waals surface area (Å²) in [6.45, 7) is 6.21. The Labute approximate surface area is 179 Å². The van der Waals surface area contributed by atoms with Crippen LogP contribution < -0.4 is 10.1 Å². The van der Waals surface area contributed by atoms with E-state index < -0.39 is 0 Å². The van der Waals surface area contributed by atoms with Crippen molar-refractivity contribution in [2.24, 2.45) is 0 Å². The first-order valence-corrected chi connectivity index (χ1v) is 10.6. The van der Waals surface area contributed by atoms with Crippen LogP contribution in [0.3, 0.4) is 0 Å². The summed E-state index contributed by atoms with van der Waals surface area (Å²) in [5, 5.41) is 3.29. The van der Waals surface area contributed by atoms with E-state index in [2.05, 4.69) is 74.6 Å². The molecule has 1 aliphatic rings. The Morgan fingerprint density at radius 1 is 1.00 bits per heavy atom. The maximum atomic E-state index is 13.3. The van der Waals surface area contributed by atoms with Crippen LogP contribution in [0.5, 0.6) is 5.75 Å². The third kappa shape index (κ3) is 4.56. The number of benzene rings is 3. The predicted molar refractivity (Wildman–Crippen MR) is 121 cm³/mol. The maximum absolute atomic E-state index is 13.3. The molecule has 1 unspecified atom stereocenters. The zero-order valence-corrected chi connectivity index (χ0v) is 17.9. The van der Waals surface area contributed by atoms with Gasteiger partial charge in [-0.2, -0.15) is 0 Å². The van der Waals surface area contributed by atoms with E-state index in [4.69, 9.17) is 4.74 Å². The molecule has 0 saturated heterocycles. The first-order valence-electron chi connectivity index (χ1n) is 10.6. The van der Waals surface area contributed by atoms with Gasteiger partial charge in [0.25, 0.3) is 5.91 Å². The minimum atomic E-state index is -0.328. The minimum Gasteiger partial charge on any atom is -0.487 e. The second-order valence-electron chi connectivity index (χ2n) is 8.78. The number of amides is 1. The molecule has 3 heteroatoms. The number of rotatable bonds is 5. The third-order valence-corrected chi connectivity index (χ3v) is 5.72. The maximum Gasteiger partial charge on any atom is 0.252 e. The van der Waals surface area contributed by atoms with Crippen LogP contribution in [0.25, 0.3) is 0 Å². The van der Waals surface area contributed by atoms with Gasteiger partial charge in [0.1, 0.15) is 11.4 Å². The first kappa shape index (κ1) is 20.2. The van der Waals surface area contributed by atoms with Crippen molar-refractivity contribution in [2.75, 3.05) is 0 Å². The zero-order chi connectivity index (χ0) is 21.1. The highest BCUT2D eigenvalue weighted by Gasteiger charge is 2.34. The number of carbonyl (C=O) groups excluding carboxylic acids is 1. The second kappa shape index (κ2) is 8.35. The summed E-state index contributed by atoms with van der Waals surface area (Å²) in [7, 11) is 0. The Hall–Kier alpha value is -3.07. The Balaban J connectivity index is 1.55. The van der Waals surface area contributed by atoms with Gasteiger partial charge in [-0.3, -0.25) is 4.79 Å². The molecule has 0 aliphatic carbocycles. The molecular formula is C27H29NO2. The van der Waals surface area contributed by atoms with E-state index in [9.17, 15) is 4.79 Å². The Morgan fingerprint density at radius 2 is 1.73 bits per heavy atom. The van der Waals surface area contributed by atoms with E-state index >= 15 is 0 Å². The molecule has 0 bridgehead atoms. The minimum absolute atomic E-state index is 0.0205. The lowest BCUT2D eigenvalue weighted by Crippen LogP contribution is -2.41. The summed E-state index contributed by atoms with van der Waals surface area (Å²) in [6, 6.07) is 24.5. The highest BCUT2D eigenvalue weighted by atomic mass is 16.5. The molecule has 1 heterocycles. The van der Waals surface area contributed by atoms with Gasteiger partial charge in [0.05, 0.1) is 6.04 Å². The predicted octanol–water partition coefficient (Wildman–Crippen LogP) is 5.81. The van der Waals surface area contributed by atoms with Gasteiger partial charge in [-0.25, -0.2) is 0 Å². The lowest BCUT2D eigenvalue weighted by Gasteiger charge is -2.38. The van der Waals surface area contributed by atoms with Crippen LogP contribution in [0.1, 0.15) is 58.9 Å². The van der Waals surface area contributed by atoms with Crippen molar-refractivity contribution >= 4 is 5.91 Å². The fraction of sp³-hybridized carbons (Fsp3) is 0.296. The van der Waals surface area contributed by atoms with Gasteiger partial charge >= 0.3 is 0 Å². The average molecular weight is 400 g/mol. The van der Waals surface area contributed by atoms with Crippen molar-refractivity contribution in [3.8, 4) is 5.75 Å². The normalized spacial score (nSPS) is 17.0. The smallest absolute Gasteiger partial charge is 0.252 e. The van der Waals surface area contributed by atoms with Crippen LogP contribution in [0, 0.1) is 6.92 Å². The van der Waals surface area contributed by atoms with Crippen LogP contribution in [-0.4, -0.2) is 11.5 Å². The van der Waals surface area contributed by atoms with Gasteiger partial charge in [0.15, 0.2) is 0 Å². The van der Waals surface area contributed by atoms with E-state index in [1.165, 1.54) is 5.56 Å². The van der Waals surface area contributed by atoms with Crippen LogP contribution in [0.15, 0.2) is 72.8 Å². The van der Waals surface area contributed by atoms with Gasteiger partial charge in [0, 0.05) is 17.5 Å². The number of carbonyl (C=O) groups is 1. The highest BCUT2D eigenvalue weighted by Crippen LogP contribution is 2.40. The van der Waals surface area contributed by atoms with Gasteiger partial charge < -0.3 is 10.1 Å². The number of hydrogen-bond donors (Lipinski definition) is 1. The molecule has 0 aromatic heterocycles. The van der Waals surface area contributed by atoms with Crippen LogP contribution >= 0.6 is 0 Å². The van der Waals surface area contributed by atoms with Crippen LogP contribution in [-0.2, 0) is 12.8 Å². The van der Waals surface area contributed by atoms with Crippen molar-refractivity contribution in [1.82, 2.24) is 5.32 Å². The molecular weight excluding hydrogens is 370 g/mol. The molecule has 1 N–H and O–H groups in total. The zero-order valence-electron chi connectivity index (χ0n) is 17.9. The lowest BCUT2D eigenvalue weighted by atomic mass is 9.88. The molecule has 1 aliphatic heterocycles. The summed E-state index contributed by atoms with van der Waals surface area (Å²) >= 11 is 0. The monoisotopic (exact) mass is 399 g/mol. The Bertz CT molecular complexity index is 1040. The van der Waals surface area contributed by atoms with Gasteiger partial charge in [-0.05, 0) is 62.4 Å². The molecule has 1 atom stereocenters. The molecule has 3 aromatic carbocycles. The van der Waals surface area contributed by atoms with Crippen LogP contribution in [0.2, 0.25) is 0 Å². The van der Waals surface area contributed by atoms with Crippen molar-refractivity contribution in [3.05, 3.63) is 101 Å². The fourth-order valence-electron chi connectivity index (χ4n) is 4.21. The highest BCUT2D eigenvalue weighted by molar-refractivity contribution is 5.96. The van der Waals surface area contributed by atoms with Gasteiger partial charge in [0.2, 0.25) is 0 Å². The molecule has 1 amide bonds. The van der Waals surface area contributed by atoms with E-state index in [1.807, 2.05) is 24.3 Å². The van der Waals surface area contributed by atoms with Crippen molar-refractivity contribution in [2.45, 2.75) is 51.7 Å². The number of fused-ring (bicyclic) bond motifs is 1. The average Bonchev–Trinajstić information content (AvgIpc) is 2.72. The molecule has 0 saturated carbocycles. The Kier molecular flexibility index (Phi) is 5.63. The quantitative estimate of drug-likeness (QED) is 0.588. The molecule has 154 valence electrons. The van der Waals surface area contributed by atoms with Gasteiger partial charge in [-0.1, -0.05) is 60.7 Å². The summed E-state index contributed by atoms with van der Waals surface area (Å²) in [4.78, 5) is 13.3. The van der Waals surface area contributed by atoms with E-state index in [-0.39, 0.29) is 17.6 Å². The standard InChI is InChI=1S/C27H29NO2/c1-19-13-16-23-24(18-27(2,3)30-25(23)17-19)28-26(29)22-12-8-7-11-21(22)15-14-20-9-5-4-6-10-20/h4-13,16-17,24H,14-15,18H2,1-3H3,(H,28,29). The third-order valence-electron chi connectivity index (χ3n) is 5.72. The molecule has 0 spiro atoms.